The lowest BCUT2D eigenvalue weighted by Gasteiger charge is -2.39. The summed E-state index contributed by atoms with van der Waals surface area (Å²) in [7, 11) is 0. The number of carbonyl (C=O) groups is 2. The van der Waals surface area contributed by atoms with Crippen LogP contribution in [0, 0.1) is 5.41 Å². The van der Waals surface area contributed by atoms with Crippen molar-refractivity contribution in [2.24, 2.45) is 5.41 Å². The Bertz CT molecular complexity index is 586. The SMILES string of the molecule is O=C(c1ccc(Cl)o1)N1CCC2(CCCN(CCO)C2=O)C1. The maximum absolute atomic E-state index is 12.7. The summed E-state index contributed by atoms with van der Waals surface area (Å²) in [6.45, 7) is 1.96. The lowest BCUT2D eigenvalue weighted by Crippen LogP contribution is -2.51. The molecule has 1 atom stereocenters. The van der Waals surface area contributed by atoms with Crippen molar-refractivity contribution in [1.29, 1.82) is 0 Å². The first-order chi connectivity index (χ1) is 10.6. The normalized spacial score (nSPS) is 25.3. The first-order valence-electron chi connectivity index (χ1n) is 7.51. The van der Waals surface area contributed by atoms with Crippen molar-refractivity contribution in [3.8, 4) is 0 Å². The number of likely N-dealkylation sites (tertiary alicyclic amines) is 2. The summed E-state index contributed by atoms with van der Waals surface area (Å²) in [4.78, 5) is 28.5. The number of amides is 2. The predicted octanol–water partition coefficient (Wildman–Crippen LogP) is 1.38. The maximum atomic E-state index is 12.7. The maximum Gasteiger partial charge on any atom is 0.289 e. The molecule has 22 heavy (non-hydrogen) atoms. The van der Waals surface area contributed by atoms with Crippen LogP contribution in [0.1, 0.15) is 29.8 Å². The molecule has 0 aliphatic carbocycles. The van der Waals surface area contributed by atoms with E-state index in [9.17, 15) is 9.59 Å². The van der Waals surface area contributed by atoms with Gasteiger partial charge in [0.25, 0.3) is 5.91 Å². The summed E-state index contributed by atoms with van der Waals surface area (Å²) < 4.78 is 5.17. The minimum absolute atomic E-state index is 0.0324. The lowest BCUT2D eigenvalue weighted by atomic mass is 9.78. The van der Waals surface area contributed by atoms with Gasteiger partial charge < -0.3 is 19.3 Å². The van der Waals surface area contributed by atoms with Crippen LogP contribution in [0.2, 0.25) is 5.22 Å². The minimum Gasteiger partial charge on any atom is -0.440 e. The fourth-order valence-corrected chi connectivity index (χ4v) is 3.64. The van der Waals surface area contributed by atoms with E-state index in [2.05, 4.69) is 0 Å². The number of hydrogen-bond donors (Lipinski definition) is 1. The van der Waals surface area contributed by atoms with Crippen LogP contribution in [0.5, 0.6) is 0 Å². The lowest BCUT2D eigenvalue weighted by molar-refractivity contribution is -0.146. The van der Waals surface area contributed by atoms with Gasteiger partial charge in [-0.25, -0.2) is 0 Å². The highest BCUT2D eigenvalue weighted by Crippen LogP contribution is 2.40. The number of nitrogens with zero attached hydrogens (tertiary/aromatic N) is 2. The molecule has 120 valence electrons. The first-order valence-corrected chi connectivity index (χ1v) is 7.88. The van der Waals surface area contributed by atoms with Gasteiger partial charge in [-0.2, -0.15) is 0 Å². The Kier molecular flexibility index (Phi) is 4.14. The van der Waals surface area contributed by atoms with E-state index in [-0.39, 0.29) is 29.4 Å². The second kappa shape index (κ2) is 5.93. The Morgan fingerprint density at radius 3 is 2.86 bits per heavy atom. The number of aliphatic hydroxyl groups is 1. The molecule has 2 saturated heterocycles. The average Bonchev–Trinajstić information content (AvgIpc) is 3.11. The number of aliphatic hydroxyl groups excluding tert-OH is 1. The molecule has 2 amide bonds. The molecule has 1 spiro atoms. The van der Waals surface area contributed by atoms with Crippen molar-refractivity contribution < 1.29 is 19.1 Å². The third-order valence-electron chi connectivity index (χ3n) is 4.62. The molecule has 2 fully saturated rings. The summed E-state index contributed by atoms with van der Waals surface area (Å²) in [5.74, 6) is 0.0361. The molecule has 0 bridgehead atoms. The van der Waals surface area contributed by atoms with Gasteiger partial charge in [0.1, 0.15) is 0 Å². The van der Waals surface area contributed by atoms with Crippen LogP contribution in [-0.4, -0.2) is 59.5 Å². The minimum atomic E-state index is -0.501. The predicted molar refractivity (Wildman–Crippen MR) is 79.6 cm³/mol. The summed E-state index contributed by atoms with van der Waals surface area (Å²) in [5.41, 5.74) is -0.501. The van der Waals surface area contributed by atoms with E-state index >= 15 is 0 Å². The molecule has 0 saturated carbocycles. The molecule has 1 aromatic heterocycles. The molecule has 0 aromatic carbocycles. The molecule has 3 rings (SSSR count). The zero-order chi connectivity index (χ0) is 15.7. The third kappa shape index (κ3) is 2.61. The largest absolute Gasteiger partial charge is 0.440 e. The van der Waals surface area contributed by atoms with Gasteiger partial charge in [0.05, 0.1) is 12.0 Å². The van der Waals surface area contributed by atoms with Crippen LogP contribution in [0.15, 0.2) is 16.5 Å². The van der Waals surface area contributed by atoms with Crippen molar-refractivity contribution in [3.05, 3.63) is 23.1 Å². The summed E-state index contributed by atoms with van der Waals surface area (Å²) in [6, 6.07) is 3.09. The van der Waals surface area contributed by atoms with Gasteiger partial charge in [0.15, 0.2) is 11.0 Å². The quantitative estimate of drug-likeness (QED) is 0.910. The fraction of sp³-hybridized carbons (Fsp3) is 0.600. The Balaban J connectivity index is 1.73. The van der Waals surface area contributed by atoms with Crippen LogP contribution < -0.4 is 0 Å². The highest BCUT2D eigenvalue weighted by molar-refractivity contribution is 6.29. The van der Waals surface area contributed by atoms with Crippen molar-refractivity contribution >= 4 is 23.4 Å². The molecule has 6 nitrogen and oxygen atoms in total. The number of halogens is 1. The van der Waals surface area contributed by atoms with E-state index in [4.69, 9.17) is 21.1 Å². The summed E-state index contributed by atoms with van der Waals surface area (Å²) in [5, 5.41) is 9.26. The Labute approximate surface area is 133 Å². The number of rotatable bonds is 3. The summed E-state index contributed by atoms with van der Waals surface area (Å²) in [6.07, 6.45) is 2.35. The first kappa shape index (κ1) is 15.4. The van der Waals surface area contributed by atoms with Gasteiger partial charge in [-0.15, -0.1) is 0 Å². The Morgan fingerprint density at radius 1 is 1.36 bits per heavy atom. The van der Waals surface area contributed by atoms with Gasteiger partial charge >= 0.3 is 0 Å². The fourth-order valence-electron chi connectivity index (χ4n) is 3.50. The topological polar surface area (TPSA) is 74.0 Å². The molecule has 2 aliphatic rings. The molecule has 1 unspecified atom stereocenters. The number of furan rings is 1. The van der Waals surface area contributed by atoms with Crippen LogP contribution in [-0.2, 0) is 4.79 Å². The van der Waals surface area contributed by atoms with Crippen LogP contribution >= 0.6 is 11.6 Å². The van der Waals surface area contributed by atoms with Gasteiger partial charge in [0.2, 0.25) is 5.91 Å². The van der Waals surface area contributed by atoms with E-state index in [1.165, 1.54) is 6.07 Å². The Morgan fingerprint density at radius 2 is 2.18 bits per heavy atom. The monoisotopic (exact) mass is 326 g/mol. The zero-order valence-electron chi connectivity index (χ0n) is 12.3. The third-order valence-corrected chi connectivity index (χ3v) is 4.82. The molecular weight excluding hydrogens is 308 g/mol. The molecular formula is C15H19ClN2O4. The molecule has 3 heterocycles. The Hall–Kier alpha value is -1.53. The number of carbonyl (C=O) groups excluding carboxylic acids is 2. The smallest absolute Gasteiger partial charge is 0.289 e. The highest BCUT2D eigenvalue weighted by atomic mass is 35.5. The van der Waals surface area contributed by atoms with E-state index in [1.54, 1.807) is 15.9 Å². The number of hydrogen-bond acceptors (Lipinski definition) is 4. The van der Waals surface area contributed by atoms with Crippen molar-refractivity contribution in [3.63, 3.8) is 0 Å². The van der Waals surface area contributed by atoms with Gasteiger partial charge in [-0.1, -0.05) is 0 Å². The van der Waals surface area contributed by atoms with Crippen molar-refractivity contribution in [1.82, 2.24) is 9.80 Å². The van der Waals surface area contributed by atoms with E-state index in [0.29, 0.717) is 32.6 Å². The molecule has 2 aliphatic heterocycles. The average molecular weight is 327 g/mol. The standard InChI is InChI=1S/C15H19ClN2O4/c16-12-3-2-11(22-12)13(20)18-7-5-15(10-18)4-1-6-17(8-9-19)14(15)21/h2-3,19H,1,4-10H2. The van der Waals surface area contributed by atoms with E-state index in [1.807, 2.05) is 0 Å². The number of piperidine rings is 1. The van der Waals surface area contributed by atoms with Gasteiger partial charge in [0, 0.05) is 26.2 Å². The van der Waals surface area contributed by atoms with E-state index < -0.39 is 5.41 Å². The molecule has 1 aromatic rings. The summed E-state index contributed by atoms with van der Waals surface area (Å²) >= 11 is 5.71. The van der Waals surface area contributed by atoms with Gasteiger partial charge in [-0.05, 0) is 43.0 Å². The highest BCUT2D eigenvalue weighted by Gasteiger charge is 2.49. The second-order valence-electron chi connectivity index (χ2n) is 5.98. The van der Waals surface area contributed by atoms with E-state index in [0.717, 1.165) is 12.8 Å². The molecule has 0 radical (unpaired) electrons. The van der Waals surface area contributed by atoms with Crippen LogP contribution in [0.25, 0.3) is 0 Å². The molecule has 7 heteroatoms. The zero-order valence-corrected chi connectivity index (χ0v) is 13.0. The van der Waals surface area contributed by atoms with Crippen molar-refractivity contribution in [2.45, 2.75) is 19.3 Å². The number of β-amino-alcohol motifs (C(OH)–C–C–N with tert-alkyl or cyclic N) is 1. The molecule has 1 N–H and O–H groups in total. The van der Waals surface area contributed by atoms with Crippen LogP contribution in [0.4, 0.5) is 0 Å². The van der Waals surface area contributed by atoms with Gasteiger partial charge in [-0.3, -0.25) is 9.59 Å². The second-order valence-corrected chi connectivity index (χ2v) is 6.35. The van der Waals surface area contributed by atoms with Crippen molar-refractivity contribution in [2.75, 3.05) is 32.8 Å². The van der Waals surface area contributed by atoms with Crippen LogP contribution in [0.3, 0.4) is 0 Å².